The molecule has 0 radical (unpaired) electrons. The molecule has 1 fully saturated rings. The first-order valence-corrected chi connectivity index (χ1v) is 8.17. The fourth-order valence-corrected chi connectivity index (χ4v) is 3.26. The lowest BCUT2D eigenvalue weighted by atomic mass is 9.89. The molecule has 2 aromatic rings. The highest BCUT2D eigenvalue weighted by Crippen LogP contribution is 2.31. The molecule has 4 heteroatoms. The smallest absolute Gasteiger partial charge is 0.143 e. The predicted molar refractivity (Wildman–Crippen MR) is 89.4 cm³/mol. The van der Waals surface area contributed by atoms with Crippen molar-refractivity contribution in [3.8, 4) is 6.07 Å². The third kappa shape index (κ3) is 3.15. The Morgan fingerprint density at radius 3 is 2.36 bits per heavy atom. The van der Waals surface area contributed by atoms with Crippen molar-refractivity contribution in [3.63, 3.8) is 0 Å². The molecule has 2 nitrogen and oxygen atoms in total. The Morgan fingerprint density at radius 2 is 1.77 bits per heavy atom. The number of piperidine rings is 1. The Bertz CT molecular complexity index is 698. The van der Waals surface area contributed by atoms with E-state index in [0.29, 0.717) is 5.92 Å². The number of anilines is 1. The Morgan fingerprint density at radius 1 is 1.09 bits per heavy atom. The van der Waals surface area contributed by atoms with Crippen molar-refractivity contribution in [2.24, 2.45) is 0 Å². The van der Waals surface area contributed by atoms with Crippen LogP contribution in [0.15, 0.2) is 46.9 Å². The molecule has 0 saturated carbocycles. The van der Waals surface area contributed by atoms with Crippen LogP contribution in [0.3, 0.4) is 0 Å². The zero-order valence-corrected chi connectivity index (χ0v) is 13.7. The van der Waals surface area contributed by atoms with Crippen molar-refractivity contribution in [1.82, 2.24) is 0 Å². The maximum absolute atomic E-state index is 13.7. The molecule has 0 unspecified atom stereocenters. The molecule has 2 aromatic carbocycles. The molecule has 22 heavy (non-hydrogen) atoms. The van der Waals surface area contributed by atoms with Gasteiger partial charge in [-0.3, -0.25) is 0 Å². The van der Waals surface area contributed by atoms with E-state index in [1.165, 1.54) is 11.6 Å². The quantitative estimate of drug-likeness (QED) is 0.767. The molecule has 112 valence electrons. The van der Waals surface area contributed by atoms with Crippen molar-refractivity contribution < 1.29 is 4.39 Å². The van der Waals surface area contributed by atoms with Gasteiger partial charge in [0.1, 0.15) is 11.9 Å². The SMILES string of the molecule is N#Cc1ccc(N2CCC(c3ccc(Br)cc3)CC2)cc1F. The molecule has 0 amide bonds. The lowest BCUT2D eigenvalue weighted by Crippen LogP contribution is -2.32. The minimum Gasteiger partial charge on any atom is -0.371 e. The van der Waals surface area contributed by atoms with Crippen molar-refractivity contribution in [2.75, 3.05) is 18.0 Å². The van der Waals surface area contributed by atoms with Gasteiger partial charge in [0.15, 0.2) is 0 Å². The highest BCUT2D eigenvalue weighted by molar-refractivity contribution is 9.10. The van der Waals surface area contributed by atoms with Crippen molar-refractivity contribution in [3.05, 3.63) is 63.9 Å². The Labute approximate surface area is 138 Å². The van der Waals surface area contributed by atoms with Gasteiger partial charge in [0.25, 0.3) is 0 Å². The van der Waals surface area contributed by atoms with Gasteiger partial charge in [-0.25, -0.2) is 4.39 Å². The number of halogens is 2. The second-order valence-electron chi connectivity index (χ2n) is 5.59. The lowest BCUT2D eigenvalue weighted by Gasteiger charge is -2.34. The molecule has 1 saturated heterocycles. The highest BCUT2D eigenvalue weighted by atomic mass is 79.9. The van der Waals surface area contributed by atoms with Crippen molar-refractivity contribution in [2.45, 2.75) is 18.8 Å². The van der Waals surface area contributed by atoms with E-state index < -0.39 is 5.82 Å². The summed E-state index contributed by atoms with van der Waals surface area (Å²) in [7, 11) is 0. The summed E-state index contributed by atoms with van der Waals surface area (Å²) in [4.78, 5) is 2.19. The summed E-state index contributed by atoms with van der Waals surface area (Å²) < 4.78 is 14.8. The fraction of sp³-hybridized carbons (Fsp3) is 0.278. The van der Waals surface area contributed by atoms with Crippen LogP contribution >= 0.6 is 15.9 Å². The normalized spacial score (nSPS) is 15.6. The maximum Gasteiger partial charge on any atom is 0.143 e. The lowest BCUT2D eigenvalue weighted by molar-refractivity contribution is 0.504. The van der Waals surface area contributed by atoms with E-state index >= 15 is 0 Å². The summed E-state index contributed by atoms with van der Waals surface area (Å²) in [5, 5.41) is 8.79. The summed E-state index contributed by atoms with van der Waals surface area (Å²) in [6.07, 6.45) is 2.12. The Balaban J connectivity index is 1.68. The Kier molecular flexibility index (Phi) is 4.44. The van der Waals surface area contributed by atoms with Gasteiger partial charge in [-0.1, -0.05) is 28.1 Å². The molecule has 3 rings (SSSR count). The first-order valence-electron chi connectivity index (χ1n) is 7.37. The van der Waals surface area contributed by atoms with Crippen LogP contribution in [0.4, 0.5) is 10.1 Å². The molecule has 0 spiro atoms. The van der Waals surface area contributed by atoms with E-state index in [0.717, 1.165) is 36.1 Å². The minimum absolute atomic E-state index is 0.105. The molecule has 0 N–H and O–H groups in total. The van der Waals surface area contributed by atoms with Gasteiger partial charge < -0.3 is 4.90 Å². The van der Waals surface area contributed by atoms with Gasteiger partial charge >= 0.3 is 0 Å². The van der Waals surface area contributed by atoms with Crippen LogP contribution < -0.4 is 4.90 Å². The third-order valence-electron chi connectivity index (χ3n) is 4.27. The second kappa shape index (κ2) is 6.50. The monoisotopic (exact) mass is 358 g/mol. The van der Waals surface area contributed by atoms with Crippen LogP contribution in [0.5, 0.6) is 0 Å². The number of hydrogen-bond donors (Lipinski definition) is 0. The number of hydrogen-bond acceptors (Lipinski definition) is 2. The third-order valence-corrected chi connectivity index (χ3v) is 4.80. The van der Waals surface area contributed by atoms with E-state index in [4.69, 9.17) is 5.26 Å². The van der Waals surface area contributed by atoms with Gasteiger partial charge in [-0.2, -0.15) is 5.26 Å². The highest BCUT2D eigenvalue weighted by Gasteiger charge is 2.21. The molecule has 0 bridgehead atoms. The first-order chi connectivity index (χ1) is 10.7. The summed E-state index contributed by atoms with van der Waals surface area (Å²) in [6.45, 7) is 1.82. The van der Waals surface area contributed by atoms with Crippen LogP contribution in [-0.2, 0) is 0 Å². The van der Waals surface area contributed by atoms with E-state index in [1.807, 2.05) is 12.1 Å². The van der Waals surface area contributed by atoms with Crippen LogP contribution in [0.2, 0.25) is 0 Å². The van der Waals surface area contributed by atoms with Crippen LogP contribution in [0.1, 0.15) is 29.9 Å². The maximum atomic E-state index is 13.7. The molecular weight excluding hydrogens is 343 g/mol. The summed E-state index contributed by atoms with van der Waals surface area (Å²) >= 11 is 3.46. The van der Waals surface area contributed by atoms with E-state index in [2.05, 4.69) is 45.1 Å². The topological polar surface area (TPSA) is 27.0 Å². The standard InChI is InChI=1S/C18H16BrFN2/c19-16-4-1-13(2-5-16)14-7-9-22(10-8-14)17-6-3-15(12-21)18(20)11-17/h1-6,11,14H,7-10H2. The van der Waals surface area contributed by atoms with E-state index in [9.17, 15) is 4.39 Å². The van der Waals surface area contributed by atoms with E-state index in [1.54, 1.807) is 6.07 Å². The minimum atomic E-state index is -0.435. The molecule has 1 heterocycles. The average molecular weight is 359 g/mol. The molecule has 0 aliphatic carbocycles. The van der Waals surface area contributed by atoms with Gasteiger partial charge in [-0.05, 0) is 54.7 Å². The summed E-state index contributed by atoms with van der Waals surface area (Å²) in [6, 6.07) is 15.2. The number of nitriles is 1. The van der Waals surface area contributed by atoms with Gasteiger partial charge in [0.2, 0.25) is 0 Å². The van der Waals surface area contributed by atoms with Crippen molar-refractivity contribution in [1.29, 1.82) is 5.26 Å². The van der Waals surface area contributed by atoms with Gasteiger partial charge in [0, 0.05) is 23.2 Å². The zero-order chi connectivity index (χ0) is 15.5. The largest absolute Gasteiger partial charge is 0.371 e. The molecule has 1 aliphatic heterocycles. The van der Waals surface area contributed by atoms with Crippen LogP contribution in [0, 0.1) is 17.1 Å². The average Bonchev–Trinajstić information content (AvgIpc) is 2.56. The van der Waals surface area contributed by atoms with Crippen LogP contribution in [0.25, 0.3) is 0 Å². The molecule has 0 atom stereocenters. The van der Waals surface area contributed by atoms with E-state index in [-0.39, 0.29) is 5.56 Å². The first kappa shape index (κ1) is 15.1. The van der Waals surface area contributed by atoms with Gasteiger partial charge in [-0.15, -0.1) is 0 Å². The number of nitrogens with zero attached hydrogens (tertiary/aromatic N) is 2. The van der Waals surface area contributed by atoms with Gasteiger partial charge in [0.05, 0.1) is 5.56 Å². The number of rotatable bonds is 2. The van der Waals surface area contributed by atoms with Crippen LogP contribution in [-0.4, -0.2) is 13.1 Å². The predicted octanol–water partition coefficient (Wildman–Crippen LogP) is 4.84. The van der Waals surface area contributed by atoms with Crippen molar-refractivity contribution >= 4 is 21.6 Å². The zero-order valence-electron chi connectivity index (χ0n) is 12.1. The number of benzene rings is 2. The second-order valence-corrected chi connectivity index (χ2v) is 6.50. The Hall–Kier alpha value is -1.86. The fourth-order valence-electron chi connectivity index (χ4n) is 3.00. The summed E-state index contributed by atoms with van der Waals surface area (Å²) in [5.41, 5.74) is 2.34. The summed E-state index contributed by atoms with van der Waals surface area (Å²) in [5.74, 6) is 0.127. The molecular formula is C18H16BrFN2. The molecule has 0 aromatic heterocycles. The molecule has 1 aliphatic rings.